The number of anilines is 1. The standard InChI is InChI=1S/C16H11ClN6O6/c17-10-2-1-3-13(4-10)29-14-6-11(5-12(7-14)22(25)26)19-15(24)8-21-9-18-16(20-21)23(27)28/h1-7,9H,8H2,(H,19,24). The van der Waals surface area contributed by atoms with E-state index in [1.807, 2.05) is 0 Å². The Hall–Kier alpha value is -4.06. The van der Waals surface area contributed by atoms with Crippen molar-refractivity contribution in [2.24, 2.45) is 0 Å². The van der Waals surface area contributed by atoms with Crippen molar-refractivity contribution in [3.8, 4) is 11.5 Å². The van der Waals surface area contributed by atoms with Crippen LogP contribution < -0.4 is 10.1 Å². The number of aromatic nitrogens is 3. The van der Waals surface area contributed by atoms with Crippen LogP contribution in [0.25, 0.3) is 0 Å². The van der Waals surface area contributed by atoms with Crippen LogP contribution in [0.4, 0.5) is 17.3 Å². The molecule has 13 heteroatoms. The highest BCUT2D eigenvalue weighted by Crippen LogP contribution is 2.30. The van der Waals surface area contributed by atoms with Gasteiger partial charge in [-0.3, -0.25) is 14.9 Å². The molecule has 148 valence electrons. The number of ether oxygens (including phenoxy) is 1. The van der Waals surface area contributed by atoms with Crippen LogP contribution in [0.5, 0.6) is 11.5 Å². The molecule has 12 nitrogen and oxygen atoms in total. The van der Waals surface area contributed by atoms with E-state index in [-0.39, 0.29) is 23.7 Å². The van der Waals surface area contributed by atoms with Gasteiger partial charge in [0.1, 0.15) is 18.0 Å². The van der Waals surface area contributed by atoms with Gasteiger partial charge in [0.25, 0.3) is 5.69 Å². The molecule has 1 N–H and O–H groups in total. The second kappa shape index (κ2) is 8.31. The Morgan fingerprint density at radius 2 is 1.93 bits per heavy atom. The number of carbonyl (C=O) groups is 1. The third-order valence-electron chi connectivity index (χ3n) is 3.41. The molecule has 0 saturated heterocycles. The summed E-state index contributed by atoms with van der Waals surface area (Å²) >= 11 is 5.89. The van der Waals surface area contributed by atoms with Gasteiger partial charge >= 0.3 is 5.95 Å². The molecule has 29 heavy (non-hydrogen) atoms. The molecule has 0 saturated carbocycles. The number of halogens is 1. The summed E-state index contributed by atoms with van der Waals surface area (Å²) in [7, 11) is 0. The Bertz CT molecular complexity index is 1100. The van der Waals surface area contributed by atoms with E-state index in [1.165, 1.54) is 18.2 Å². The highest BCUT2D eigenvalue weighted by Gasteiger charge is 2.17. The van der Waals surface area contributed by atoms with Crippen molar-refractivity contribution in [3.05, 3.63) is 74.0 Å². The minimum Gasteiger partial charge on any atom is -0.457 e. The lowest BCUT2D eigenvalue weighted by Crippen LogP contribution is -2.19. The van der Waals surface area contributed by atoms with E-state index in [0.717, 1.165) is 17.1 Å². The average molecular weight is 419 g/mol. The highest BCUT2D eigenvalue weighted by atomic mass is 35.5. The van der Waals surface area contributed by atoms with Crippen LogP contribution in [-0.4, -0.2) is 30.5 Å². The van der Waals surface area contributed by atoms with Crippen LogP contribution in [0.3, 0.4) is 0 Å². The van der Waals surface area contributed by atoms with Crippen LogP contribution >= 0.6 is 11.6 Å². The van der Waals surface area contributed by atoms with Crippen LogP contribution in [0.2, 0.25) is 5.02 Å². The van der Waals surface area contributed by atoms with Crippen LogP contribution in [0.15, 0.2) is 48.8 Å². The molecule has 0 bridgehead atoms. The Morgan fingerprint density at radius 1 is 1.14 bits per heavy atom. The second-order valence-electron chi connectivity index (χ2n) is 5.58. The van der Waals surface area contributed by atoms with Crippen LogP contribution in [-0.2, 0) is 11.3 Å². The Kier molecular flexibility index (Phi) is 5.64. The summed E-state index contributed by atoms with van der Waals surface area (Å²) in [4.78, 5) is 35.9. The average Bonchev–Trinajstić information content (AvgIpc) is 3.10. The smallest absolute Gasteiger partial charge is 0.457 e. The zero-order valence-electron chi connectivity index (χ0n) is 14.4. The number of nitrogens with zero attached hydrogens (tertiary/aromatic N) is 5. The molecule has 0 unspecified atom stereocenters. The summed E-state index contributed by atoms with van der Waals surface area (Å²) in [5.41, 5.74) is -0.216. The fourth-order valence-corrected chi connectivity index (χ4v) is 2.46. The highest BCUT2D eigenvalue weighted by molar-refractivity contribution is 6.30. The van der Waals surface area contributed by atoms with Gasteiger partial charge in [-0.2, -0.15) is 4.68 Å². The van der Waals surface area contributed by atoms with Crippen molar-refractivity contribution < 1.29 is 19.4 Å². The van der Waals surface area contributed by atoms with Gasteiger partial charge in [-0.25, -0.2) is 0 Å². The van der Waals surface area contributed by atoms with Gasteiger partial charge in [0.2, 0.25) is 12.2 Å². The number of hydrogen-bond acceptors (Lipinski definition) is 8. The van der Waals surface area contributed by atoms with Crippen LogP contribution in [0.1, 0.15) is 0 Å². The number of nitrogens with one attached hydrogen (secondary N) is 1. The van der Waals surface area contributed by atoms with Gasteiger partial charge in [0.05, 0.1) is 16.7 Å². The maximum Gasteiger partial charge on any atom is 0.490 e. The normalized spacial score (nSPS) is 10.4. The van der Waals surface area contributed by atoms with E-state index in [0.29, 0.717) is 10.8 Å². The lowest BCUT2D eigenvalue weighted by molar-refractivity contribution is -0.394. The summed E-state index contributed by atoms with van der Waals surface area (Å²) in [5.74, 6) is -0.817. The van der Waals surface area contributed by atoms with Crippen molar-refractivity contribution in [2.45, 2.75) is 6.54 Å². The maximum absolute atomic E-state index is 12.2. The molecule has 0 aliphatic rings. The number of carbonyl (C=O) groups excluding carboxylic acids is 1. The first-order chi connectivity index (χ1) is 13.8. The second-order valence-corrected chi connectivity index (χ2v) is 6.02. The van der Waals surface area contributed by atoms with Crippen molar-refractivity contribution in [2.75, 3.05) is 5.32 Å². The predicted molar refractivity (Wildman–Crippen MR) is 99.9 cm³/mol. The summed E-state index contributed by atoms with van der Waals surface area (Å²) in [6, 6.07) is 10.1. The third kappa shape index (κ3) is 5.23. The molecule has 0 aliphatic carbocycles. The number of amides is 1. The molecule has 0 radical (unpaired) electrons. The van der Waals surface area contributed by atoms with Gasteiger partial charge in [-0.15, -0.1) is 0 Å². The molecule has 0 atom stereocenters. The minimum atomic E-state index is -0.797. The number of non-ortho nitro benzene ring substituents is 1. The van der Waals surface area contributed by atoms with Crippen molar-refractivity contribution in [1.82, 2.24) is 14.8 Å². The van der Waals surface area contributed by atoms with E-state index in [1.54, 1.807) is 18.2 Å². The molecule has 0 fully saturated rings. The van der Waals surface area contributed by atoms with Gasteiger partial charge in [-0.05, 0) is 23.1 Å². The molecule has 3 aromatic rings. The summed E-state index contributed by atoms with van der Waals surface area (Å²) < 4.78 is 6.54. The maximum atomic E-state index is 12.2. The molecule has 0 spiro atoms. The number of rotatable bonds is 7. The predicted octanol–water partition coefficient (Wildman–Crippen LogP) is 3.18. The number of nitro groups is 2. The first kappa shape index (κ1) is 19.7. The molecule has 1 aromatic heterocycles. The van der Waals surface area contributed by atoms with Crippen molar-refractivity contribution in [3.63, 3.8) is 0 Å². The zero-order valence-corrected chi connectivity index (χ0v) is 15.1. The molecule has 3 rings (SSSR count). The quantitative estimate of drug-likeness (QED) is 0.453. The fraction of sp³-hybridized carbons (Fsp3) is 0.0625. The van der Waals surface area contributed by atoms with E-state index in [2.05, 4.69) is 15.4 Å². The van der Waals surface area contributed by atoms with Crippen molar-refractivity contribution in [1.29, 1.82) is 0 Å². The summed E-state index contributed by atoms with van der Waals surface area (Å²) in [6.07, 6.45) is 1.03. The van der Waals surface area contributed by atoms with E-state index < -0.39 is 21.7 Å². The largest absolute Gasteiger partial charge is 0.490 e. The lowest BCUT2D eigenvalue weighted by atomic mass is 10.2. The summed E-state index contributed by atoms with van der Waals surface area (Å²) in [5, 5.41) is 28.2. The molecule has 1 amide bonds. The number of hydrogen-bond donors (Lipinski definition) is 1. The molecule has 1 heterocycles. The first-order valence-electron chi connectivity index (χ1n) is 7.87. The topological polar surface area (TPSA) is 155 Å². The van der Waals surface area contributed by atoms with Gasteiger partial charge in [0.15, 0.2) is 0 Å². The SMILES string of the molecule is O=C(Cn1cnc([N+](=O)[O-])n1)Nc1cc(Oc2cccc(Cl)c2)cc([N+](=O)[O-])c1. The van der Waals surface area contributed by atoms with Crippen LogP contribution in [0, 0.1) is 20.2 Å². The lowest BCUT2D eigenvalue weighted by Gasteiger charge is -2.09. The van der Waals surface area contributed by atoms with E-state index >= 15 is 0 Å². The number of nitro benzene ring substituents is 1. The molecule has 0 aliphatic heterocycles. The molecular formula is C16H11ClN6O6. The van der Waals surface area contributed by atoms with Crippen molar-refractivity contribution >= 4 is 34.8 Å². The van der Waals surface area contributed by atoms with E-state index in [4.69, 9.17) is 16.3 Å². The Labute approximate surface area is 167 Å². The fourth-order valence-electron chi connectivity index (χ4n) is 2.28. The third-order valence-corrected chi connectivity index (χ3v) is 3.65. The Morgan fingerprint density at radius 3 is 2.59 bits per heavy atom. The summed E-state index contributed by atoms with van der Waals surface area (Å²) in [6.45, 7) is -0.381. The zero-order chi connectivity index (χ0) is 21.0. The first-order valence-corrected chi connectivity index (χ1v) is 8.24. The molecule has 2 aromatic carbocycles. The van der Waals surface area contributed by atoms with E-state index in [9.17, 15) is 25.0 Å². The molecular weight excluding hydrogens is 408 g/mol. The number of benzene rings is 2. The van der Waals surface area contributed by atoms with Gasteiger partial charge < -0.3 is 20.2 Å². The Balaban J connectivity index is 1.78. The monoisotopic (exact) mass is 418 g/mol. The minimum absolute atomic E-state index is 0.0934. The van der Waals surface area contributed by atoms with Gasteiger partial charge in [0, 0.05) is 22.3 Å². The van der Waals surface area contributed by atoms with Gasteiger partial charge in [-0.1, -0.05) is 22.7 Å².